The maximum Gasteiger partial charge on any atom is 0.260 e. The van der Waals surface area contributed by atoms with Gasteiger partial charge in [0, 0.05) is 6.54 Å². The van der Waals surface area contributed by atoms with Crippen LogP contribution in [0.4, 0.5) is 18.9 Å². The molecule has 0 unspecified atom stereocenters. The molecule has 2 aromatic carbocycles. The van der Waals surface area contributed by atoms with E-state index in [1.54, 1.807) is 24.3 Å². The lowest BCUT2D eigenvalue weighted by atomic mass is 10.2. The molecule has 0 radical (unpaired) electrons. The molecule has 0 heterocycles. The van der Waals surface area contributed by atoms with Crippen LogP contribution in [0.5, 0.6) is 11.5 Å². The van der Waals surface area contributed by atoms with E-state index in [0.29, 0.717) is 30.6 Å². The molecule has 0 saturated carbocycles. The highest BCUT2D eigenvalue weighted by Crippen LogP contribution is 2.26. The van der Waals surface area contributed by atoms with E-state index in [0.717, 1.165) is 6.07 Å². The van der Waals surface area contributed by atoms with Crippen LogP contribution < -0.4 is 14.8 Å². The lowest BCUT2D eigenvalue weighted by Crippen LogP contribution is -2.41. The topological polar surface area (TPSA) is 67.9 Å². The smallest absolute Gasteiger partial charge is 0.260 e. The van der Waals surface area contributed by atoms with Crippen molar-refractivity contribution in [3.63, 3.8) is 0 Å². The molecular weight excluding hydrogens is 401 g/mol. The maximum atomic E-state index is 13.7. The molecule has 0 aliphatic heterocycles. The molecular formula is C21H23F3N2O4. The lowest BCUT2D eigenvalue weighted by Gasteiger charge is -2.22. The number of nitrogens with zero attached hydrogens (tertiary/aromatic N) is 1. The fourth-order valence-corrected chi connectivity index (χ4v) is 2.62. The Balaban J connectivity index is 2.00. The number of nitrogens with one attached hydrogen (secondary N) is 1. The molecule has 0 spiro atoms. The monoisotopic (exact) mass is 424 g/mol. The third-order valence-corrected chi connectivity index (χ3v) is 3.99. The van der Waals surface area contributed by atoms with Crippen LogP contribution in [0.25, 0.3) is 0 Å². The number of carbonyl (C=O) groups excluding carboxylic acids is 2. The predicted octanol–water partition coefficient (Wildman–Crippen LogP) is 3.76. The van der Waals surface area contributed by atoms with E-state index in [1.807, 2.05) is 13.8 Å². The molecule has 0 atom stereocenters. The second kappa shape index (κ2) is 11.1. The van der Waals surface area contributed by atoms with Gasteiger partial charge in [0.05, 0.1) is 18.8 Å². The third-order valence-electron chi connectivity index (χ3n) is 3.99. The average Bonchev–Trinajstić information content (AvgIpc) is 2.73. The summed E-state index contributed by atoms with van der Waals surface area (Å²) in [6, 6.07) is 8.47. The van der Waals surface area contributed by atoms with E-state index in [1.165, 1.54) is 4.90 Å². The first-order valence-corrected chi connectivity index (χ1v) is 9.43. The Kier molecular flexibility index (Phi) is 8.52. The number of rotatable bonds is 10. The van der Waals surface area contributed by atoms with Crippen LogP contribution >= 0.6 is 0 Å². The van der Waals surface area contributed by atoms with Crippen LogP contribution in [0.1, 0.15) is 20.3 Å². The van der Waals surface area contributed by atoms with Crippen molar-refractivity contribution in [2.45, 2.75) is 20.3 Å². The number of para-hydroxylation sites is 2. The lowest BCUT2D eigenvalue weighted by molar-refractivity contribution is -0.136. The van der Waals surface area contributed by atoms with Crippen LogP contribution in [-0.2, 0) is 9.59 Å². The first-order chi connectivity index (χ1) is 14.4. The van der Waals surface area contributed by atoms with Crippen molar-refractivity contribution in [2.75, 3.05) is 31.6 Å². The van der Waals surface area contributed by atoms with Crippen molar-refractivity contribution in [3.05, 3.63) is 53.8 Å². The van der Waals surface area contributed by atoms with Crippen molar-refractivity contribution in [1.29, 1.82) is 0 Å². The highest BCUT2D eigenvalue weighted by Gasteiger charge is 2.20. The summed E-state index contributed by atoms with van der Waals surface area (Å²) in [6.45, 7) is 3.58. The molecule has 2 aromatic rings. The second-order valence-corrected chi connectivity index (χ2v) is 6.25. The second-order valence-electron chi connectivity index (χ2n) is 6.25. The van der Waals surface area contributed by atoms with Gasteiger partial charge in [-0.1, -0.05) is 19.1 Å². The van der Waals surface area contributed by atoms with Crippen molar-refractivity contribution in [1.82, 2.24) is 4.90 Å². The molecule has 162 valence electrons. The van der Waals surface area contributed by atoms with Crippen LogP contribution in [-0.4, -0.2) is 43.0 Å². The van der Waals surface area contributed by atoms with Gasteiger partial charge in [0.15, 0.2) is 35.6 Å². The summed E-state index contributed by atoms with van der Waals surface area (Å²) >= 11 is 0. The minimum atomic E-state index is -1.68. The fraction of sp³-hybridized carbons (Fsp3) is 0.333. The van der Waals surface area contributed by atoms with Crippen LogP contribution in [0, 0.1) is 17.5 Å². The summed E-state index contributed by atoms with van der Waals surface area (Å²) in [5.74, 6) is -4.90. The Labute approximate surface area is 172 Å². The molecule has 0 bridgehead atoms. The molecule has 1 N–H and O–H groups in total. The van der Waals surface area contributed by atoms with Gasteiger partial charge >= 0.3 is 0 Å². The molecule has 2 amide bonds. The maximum absolute atomic E-state index is 13.7. The van der Waals surface area contributed by atoms with E-state index in [4.69, 9.17) is 9.47 Å². The number of carbonyl (C=O) groups is 2. The SMILES string of the molecule is CCCN(CC(=O)Nc1ccc(F)c(F)c1F)C(=O)COc1ccccc1OCC. The van der Waals surface area contributed by atoms with Crippen LogP contribution in [0.3, 0.4) is 0 Å². The number of benzene rings is 2. The number of hydrogen-bond acceptors (Lipinski definition) is 4. The molecule has 0 aliphatic carbocycles. The summed E-state index contributed by atoms with van der Waals surface area (Å²) in [4.78, 5) is 26.0. The first kappa shape index (κ1) is 23.1. The zero-order valence-corrected chi connectivity index (χ0v) is 16.7. The molecule has 30 heavy (non-hydrogen) atoms. The Morgan fingerprint density at radius 1 is 0.967 bits per heavy atom. The number of amides is 2. The van der Waals surface area contributed by atoms with Gasteiger partial charge in [0.1, 0.15) is 0 Å². The molecule has 0 fully saturated rings. The van der Waals surface area contributed by atoms with E-state index in [-0.39, 0.29) is 13.2 Å². The van der Waals surface area contributed by atoms with Crippen molar-refractivity contribution in [2.24, 2.45) is 0 Å². The van der Waals surface area contributed by atoms with Gasteiger partial charge in [-0.05, 0) is 37.6 Å². The Morgan fingerprint density at radius 3 is 2.27 bits per heavy atom. The van der Waals surface area contributed by atoms with E-state index >= 15 is 0 Å². The summed E-state index contributed by atoms with van der Waals surface area (Å²) in [5, 5.41) is 2.15. The van der Waals surface area contributed by atoms with Gasteiger partial charge < -0.3 is 19.7 Å². The van der Waals surface area contributed by atoms with Gasteiger partial charge in [0.25, 0.3) is 5.91 Å². The molecule has 0 aromatic heterocycles. The highest BCUT2D eigenvalue weighted by molar-refractivity contribution is 5.94. The van der Waals surface area contributed by atoms with Crippen molar-refractivity contribution < 1.29 is 32.2 Å². The first-order valence-electron chi connectivity index (χ1n) is 9.43. The normalized spacial score (nSPS) is 10.4. The quantitative estimate of drug-likeness (QED) is 0.590. The van der Waals surface area contributed by atoms with E-state index in [2.05, 4.69) is 5.32 Å². The molecule has 9 heteroatoms. The van der Waals surface area contributed by atoms with Gasteiger partial charge in [-0.15, -0.1) is 0 Å². The predicted molar refractivity (Wildman–Crippen MR) is 105 cm³/mol. The van der Waals surface area contributed by atoms with Gasteiger partial charge in [-0.25, -0.2) is 13.2 Å². The molecule has 6 nitrogen and oxygen atoms in total. The minimum Gasteiger partial charge on any atom is -0.490 e. The van der Waals surface area contributed by atoms with Crippen LogP contribution in [0.2, 0.25) is 0 Å². The van der Waals surface area contributed by atoms with E-state index in [9.17, 15) is 22.8 Å². The number of halogens is 3. The zero-order chi connectivity index (χ0) is 22.1. The van der Waals surface area contributed by atoms with Crippen molar-refractivity contribution in [3.8, 4) is 11.5 Å². The highest BCUT2D eigenvalue weighted by atomic mass is 19.2. The summed E-state index contributed by atoms with van der Waals surface area (Å²) < 4.78 is 51.0. The van der Waals surface area contributed by atoms with Gasteiger partial charge in [0.2, 0.25) is 5.91 Å². The Morgan fingerprint density at radius 2 is 1.63 bits per heavy atom. The van der Waals surface area contributed by atoms with Crippen molar-refractivity contribution >= 4 is 17.5 Å². The average molecular weight is 424 g/mol. The summed E-state index contributed by atoms with van der Waals surface area (Å²) in [7, 11) is 0. The van der Waals surface area contributed by atoms with E-state index < -0.39 is 41.5 Å². The minimum absolute atomic E-state index is 0.253. The molecule has 0 aliphatic rings. The Hall–Kier alpha value is -3.23. The molecule has 2 rings (SSSR count). The Bertz CT molecular complexity index is 893. The largest absolute Gasteiger partial charge is 0.490 e. The standard InChI is InChI=1S/C21H23F3N2O4/c1-3-11-26(12-18(27)25-15-10-9-14(22)20(23)21(15)24)19(28)13-30-17-8-6-5-7-16(17)29-4-2/h5-10H,3-4,11-13H2,1-2H3,(H,25,27). The number of hydrogen-bond donors (Lipinski definition) is 1. The van der Waals surface area contributed by atoms with Crippen LogP contribution in [0.15, 0.2) is 36.4 Å². The van der Waals surface area contributed by atoms with Gasteiger partial charge in [-0.3, -0.25) is 9.59 Å². The summed E-state index contributed by atoms with van der Waals surface area (Å²) in [5.41, 5.74) is -0.510. The zero-order valence-electron chi connectivity index (χ0n) is 16.7. The van der Waals surface area contributed by atoms with Gasteiger partial charge in [-0.2, -0.15) is 0 Å². The molecule has 0 saturated heterocycles. The fourth-order valence-electron chi connectivity index (χ4n) is 2.62. The number of anilines is 1. The number of ether oxygens (including phenoxy) is 2. The third kappa shape index (κ3) is 6.13. The summed E-state index contributed by atoms with van der Waals surface area (Å²) in [6.07, 6.45) is 0.564.